The van der Waals surface area contributed by atoms with Crippen LogP contribution in [0.15, 0.2) is 18.5 Å². The SMILES string of the molecule is O=C(NCC1CC1)[C@H]1CCS(=O)(=O)[C@@H]2CN(c3ncccn3)C[C@H]12. The second-order valence-corrected chi connectivity index (χ2v) is 9.45. The van der Waals surface area contributed by atoms with Crippen molar-refractivity contribution in [3.63, 3.8) is 0 Å². The van der Waals surface area contributed by atoms with Gasteiger partial charge in [0.05, 0.1) is 11.0 Å². The number of hydrogen-bond donors (Lipinski definition) is 1. The van der Waals surface area contributed by atoms with Crippen LogP contribution in [0.3, 0.4) is 0 Å². The lowest BCUT2D eigenvalue weighted by molar-refractivity contribution is -0.126. The minimum atomic E-state index is -3.16. The smallest absolute Gasteiger partial charge is 0.225 e. The van der Waals surface area contributed by atoms with Crippen molar-refractivity contribution in [3.8, 4) is 0 Å². The van der Waals surface area contributed by atoms with E-state index >= 15 is 0 Å². The molecule has 1 aromatic heterocycles. The van der Waals surface area contributed by atoms with Crippen LogP contribution in [0.25, 0.3) is 0 Å². The maximum atomic E-state index is 12.6. The van der Waals surface area contributed by atoms with Crippen LogP contribution in [0, 0.1) is 17.8 Å². The Labute approximate surface area is 141 Å². The van der Waals surface area contributed by atoms with Crippen LogP contribution in [-0.2, 0) is 14.6 Å². The van der Waals surface area contributed by atoms with Crippen LogP contribution < -0.4 is 10.2 Å². The molecule has 0 unspecified atom stereocenters. The zero-order valence-corrected chi connectivity index (χ0v) is 14.3. The van der Waals surface area contributed by atoms with Gasteiger partial charge in [0.1, 0.15) is 0 Å². The molecule has 0 bridgehead atoms. The quantitative estimate of drug-likeness (QED) is 0.836. The van der Waals surface area contributed by atoms with Crippen LogP contribution in [-0.4, -0.2) is 54.9 Å². The van der Waals surface area contributed by atoms with E-state index in [2.05, 4.69) is 15.3 Å². The van der Waals surface area contributed by atoms with Gasteiger partial charge in [0.15, 0.2) is 9.84 Å². The standard InChI is InChI=1S/C16H22N4O3S/c21-15(19-8-11-2-3-11)12-4-7-24(22,23)14-10-20(9-13(12)14)16-17-5-1-6-18-16/h1,5-6,11-14H,2-4,7-10H2,(H,19,21)/t12-,13+,14+/m0/s1. The first-order valence-corrected chi connectivity index (χ1v) is 10.3. The van der Waals surface area contributed by atoms with Crippen molar-refractivity contribution in [1.82, 2.24) is 15.3 Å². The third kappa shape index (κ3) is 2.99. The summed E-state index contributed by atoms with van der Waals surface area (Å²) in [5.74, 6) is 0.869. The van der Waals surface area contributed by atoms with Gasteiger partial charge in [0.2, 0.25) is 11.9 Å². The third-order valence-electron chi connectivity index (χ3n) is 5.43. The van der Waals surface area contributed by atoms with Crippen molar-refractivity contribution in [2.75, 3.05) is 30.3 Å². The van der Waals surface area contributed by atoms with Gasteiger partial charge in [-0.2, -0.15) is 0 Å². The van der Waals surface area contributed by atoms with Gasteiger partial charge in [-0.25, -0.2) is 18.4 Å². The number of sulfone groups is 1. The number of fused-ring (bicyclic) bond motifs is 1. The van der Waals surface area contributed by atoms with E-state index in [0.29, 0.717) is 31.4 Å². The average Bonchev–Trinajstić information content (AvgIpc) is 3.29. The predicted molar refractivity (Wildman–Crippen MR) is 89.2 cm³/mol. The molecule has 3 heterocycles. The number of nitrogens with one attached hydrogen (secondary N) is 1. The Kier molecular flexibility index (Phi) is 3.94. The van der Waals surface area contributed by atoms with E-state index in [1.54, 1.807) is 18.5 Å². The lowest BCUT2D eigenvalue weighted by atomic mass is 9.87. The monoisotopic (exact) mass is 350 g/mol. The number of aromatic nitrogens is 2. The van der Waals surface area contributed by atoms with E-state index in [1.807, 2.05) is 4.90 Å². The van der Waals surface area contributed by atoms with Gasteiger partial charge in [0, 0.05) is 43.9 Å². The molecule has 0 spiro atoms. The molecule has 1 aromatic rings. The molecular formula is C16H22N4O3S. The summed E-state index contributed by atoms with van der Waals surface area (Å²) in [7, 11) is -3.16. The molecule has 130 valence electrons. The highest BCUT2D eigenvalue weighted by atomic mass is 32.2. The van der Waals surface area contributed by atoms with Gasteiger partial charge in [-0.05, 0) is 31.2 Å². The Bertz CT molecular complexity index is 720. The number of anilines is 1. The van der Waals surface area contributed by atoms with Gasteiger partial charge < -0.3 is 10.2 Å². The van der Waals surface area contributed by atoms with Gasteiger partial charge >= 0.3 is 0 Å². The van der Waals surface area contributed by atoms with Crippen LogP contribution in [0.2, 0.25) is 0 Å². The fourth-order valence-corrected chi connectivity index (χ4v) is 5.96. The summed E-state index contributed by atoms with van der Waals surface area (Å²) >= 11 is 0. The normalized spacial score (nSPS) is 31.5. The highest BCUT2D eigenvalue weighted by molar-refractivity contribution is 7.92. The molecule has 4 rings (SSSR count). The number of nitrogens with zero attached hydrogens (tertiary/aromatic N) is 3. The first-order valence-electron chi connectivity index (χ1n) is 8.56. The van der Waals surface area contributed by atoms with Gasteiger partial charge in [0.25, 0.3) is 0 Å². The molecule has 24 heavy (non-hydrogen) atoms. The van der Waals surface area contributed by atoms with Crippen LogP contribution in [0.5, 0.6) is 0 Å². The zero-order valence-electron chi connectivity index (χ0n) is 13.5. The summed E-state index contributed by atoms with van der Waals surface area (Å²) in [5, 5.41) is 2.53. The Morgan fingerprint density at radius 1 is 1.21 bits per heavy atom. The maximum Gasteiger partial charge on any atom is 0.225 e. The first-order chi connectivity index (χ1) is 11.5. The summed E-state index contributed by atoms with van der Waals surface area (Å²) in [6.45, 7) is 1.63. The van der Waals surface area contributed by atoms with E-state index in [-0.39, 0.29) is 23.5 Å². The second kappa shape index (κ2) is 5.98. The minimum absolute atomic E-state index is 0.0163. The number of hydrogen-bond acceptors (Lipinski definition) is 6. The molecule has 1 amide bonds. The van der Waals surface area contributed by atoms with Crippen molar-refractivity contribution >= 4 is 21.7 Å². The van der Waals surface area contributed by atoms with Crippen molar-refractivity contribution < 1.29 is 13.2 Å². The molecule has 2 aliphatic heterocycles. The summed E-state index contributed by atoms with van der Waals surface area (Å²) in [6.07, 6.45) is 6.09. The molecule has 1 saturated carbocycles. The van der Waals surface area contributed by atoms with E-state index in [1.165, 1.54) is 12.8 Å². The van der Waals surface area contributed by atoms with Crippen molar-refractivity contribution in [2.45, 2.75) is 24.5 Å². The van der Waals surface area contributed by atoms with Gasteiger partial charge in [-0.15, -0.1) is 0 Å². The number of rotatable bonds is 4. The highest BCUT2D eigenvalue weighted by Gasteiger charge is 2.51. The van der Waals surface area contributed by atoms with Crippen LogP contribution in [0.4, 0.5) is 5.95 Å². The molecule has 3 fully saturated rings. The van der Waals surface area contributed by atoms with Gasteiger partial charge in [-0.1, -0.05) is 0 Å². The topological polar surface area (TPSA) is 92.3 Å². The van der Waals surface area contributed by atoms with E-state index < -0.39 is 15.1 Å². The molecule has 0 radical (unpaired) electrons. The van der Waals surface area contributed by atoms with Crippen molar-refractivity contribution in [3.05, 3.63) is 18.5 Å². The molecular weight excluding hydrogens is 328 g/mol. The fourth-order valence-electron chi connectivity index (χ4n) is 3.86. The second-order valence-electron chi connectivity index (χ2n) is 7.11. The fraction of sp³-hybridized carbons (Fsp3) is 0.688. The number of carbonyl (C=O) groups is 1. The van der Waals surface area contributed by atoms with Gasteiger partial charge in [-0.3, -0.25) is 4.79 Å². The summed E-state index contributed by atoms with van der Waals surface area (Å²) in [6, 6.07) is 1.73. The molecule has 7 nitrogen and oxygen atoms in total. The molecule has 8 heteroatoms. The Balaban J connectivity index is 1.52. The molecule has 3 atom stereocenters. The largest absolute Gasteiger partial charge is 0.356 e. The minimum Gasteiger partial charge on any atom is -0.356 e. The van der Waals surface area contributed by atoms with Crippen molar-refractivity contribution in [2.24, 2.45) is 17.8 Å². The Hall–Kier alpha value is -1.70. The number of amides is 1. The Morgan fingerprint density at radius 3 is 2.67 bits per heavy atom. The summed E-state index contributed by atoms with van der Waals surface area (Å²) in [4.78, 5) is 22.9. The molecule has 3 aliphatic rings. The van der Waals surface area contributed by atoms with E-state index in [0.717, 1.165) is 6.54 Å². The number of carbonyl (C=O) groups excluding carboxylic acids is 1. The molecule has 1 N–H and O–H groups in total. The van der Waals surface area contributed by atoms with E-state index in [9.17, 15) is 13.2 Å². The van der Waals surface area contributed by atoms with Crippen molar-refractivity contribution in [1.29, 1.82) is 0 Å². The molecule has 2 saturated heterocycles. The maximum absolute atomic E-state index is 12.6. The molecule has 0 aromatic carbocycles. The lowest BCUT2D eigenvalue weighted by Gasteiger charge is -2.31. The van der Waals surface area contributed by atoms with Crippen LogP contribution in [0.1, 0.15) is 19.3 Å². The Morgan fingerprint density at radius 2 is 1.96 bits per heavy atom. The third-order valence-corrected chi connectivity index (χ3v) is 7.66. The average molecular weight is 350 g/mol. The predicted octanol–water partition coefficient (Wildman–Crippen LogP) is 0.242. The lowest BCUT2D eigenvalue weighted by Crippen LogP contribution is -2.47. The molecule has 1 aliphatic carbocycles. The summed E-state index contributed by atoms with van der Waals surface area (Å²) < 4.78 is 25.0. The summed E-state index contributed by atoms with van der Waals surface area (Å²) in [5.41, 5.74) is 0. The van der Waals surface area contributed by atoms with Crippen LogP contribution >= 0.6 is 0 Å². The zero-order chi connectivity index (χ0) is 16.7. The highest BCUT2D eigenvalue weighted by Crippen LogP contribution is 2.38. The first kappa shape index (κ1) is 15.8. The van der Waals surface area contributed by atoms with E-state index in [4.69, 9.17) is 0 Å².